The molecular formula is C18H31N3O3. The van der Waals surface area contributed by atoms with Crippen molar-refractivity contribution in [3.8, 4) is 0 Å². The van der Waals surface area contributed by atoms with Crippen LogP contribution in [0.4, 0.5) is 4.79 Å². The van der Waals surface area contributed by atoms with Gasteiger partial charge in [-0.05, 0) is 63.5 Å². The summed E-state index contributed by atoms with van der Waals surface area (Å²) >= 11 is 0. The van der Waals surface area contributed by atoms with Gasteiger partial charge in [0.2, 0.25) is 0 Å². The molecule has 3 rings (SSSR count). The number of carbonyl (C=O) groups is 2. The molecule has 0 bridgehead atoms. The minimum Gasteiger partial charge on any atom is -0.381 e. The van der Waals surface area contributed by atoms with Crippen LogP contribution in [0.25, 0.3) is 0 Å². The van der Waals surface area contributed by atoms with E-state index in [0.29, 0.717) is 19.1 Å². The van der Waals surface area contributed by atoms with Crippen LogP contribution < -0.4 is 10.6 Å². The number of carbonyl (C=O) groups excluding carboxylic acids is 2. The number of hydrogen-bond donors (Lipinski definition) is 2. The summed E-state index contributed by atoms with van der Waals surface area (Å²) in [5, 5.41) is 6.53. The maximum Gasteiger partial charge on any atom is 0.325 e. The van der Waals surface area contributed by atoms with E-state index in [0.717, 1.165) is 51.6 Å². The molecule has 3 aliphatic heterocycles. The van der Waals surface area contributed by atoms with Gasteiger partial charge in [-0.1, -0.05) is 13.8 Å². The minimum absolute atomic E-state index is 0.00566. The number of nitrogens with zero attached hydrogens (tertiary/aromatic N) is 1. The zero-order chi connectivity index (χ0) is 17.2. The van der Waals surface area contributed by atoms with Gasteiger partial charge in [0.15, 0.2) is 0 Å². The normalized spacial score (nSPS) is 30.2. The van der Waals surface area contributed by atoms with Crippen LogP contribution in [-0.4, -0.2) is 54.7 Å². The molecule has 0 aromatic heterocycles. The number of nitrogens with one attached hydrogen (secondary N) is 2. The summed E-state index contributed by atoms with van der Waals surface area (Å²) < 4.78 is 5.40. The second kappa shape index (κ2) is 7.40. The van der Waals surface area contributed by atoms with Gasteiger partial charge in [-0.15, -0.1) is 0 Å². The lowest BCUT2D eigenvalue weighted by Gasteiger charge is -2.39. The van der Waals surface area contributed by atoms with Crippen molar-refractivity contribution in [2.24, 2.45) is 11.8 Å². The highest BCUT2D eigenvalue weighted by atomic mass is 16.5. The Kier molecular flexibility index (Phi) is 5.45. The lowest BCUT2D eigenvalue weighted by atomic mass is 9.74. The van der Waals surface area contributed by atoms with Gasteiger partial charge in [0.25, 0.3) is 5.91 Å². The maximum absolute atomic E-state index is 13.4. The Morgan fingerprint density at radius 1 is 1.17 bits per heavy atom. The van der Waals surface area contributed by atoms with E-state index in [1.807, 2.05) is 0 Å². The summed E-state index contributed by atoms with van der Waals surface area (Å²) in [6, 6.07) is -0.192. The summed E-state index contributed by atoms with van der Waals surface area (Å²) in [5.74, 6) is 0.774. The first-order chi connectivity index (χ1) is 11.5. The van der Waals surface area contributed by atoms with E-state index >= 15 is 0 Å². The number of urea groups is 1. The summed E-state index contributed by atoms with van der Waals surface area (Å²) in [5.41, 5.74) is -0.693. The molecule has 6 heteroatoms. The van der Waals surface area contributed by atoms with E-state index in [9.17, 15) is 9.59 Å². The minimum atomic E-state index is -0.693. The number of ether oxygens (including phenoxy) is 1. The third-order valence-corrected chi connectivity index (χ3v) is 5.86. The van der Waals surface area contributed by atoms with Crippen molar-refractivity contribution in [3.05, 3.63) is 0 Å². The molecule has 3 aliphatic rings. The van der Waals surface area contributed by atoms with Crippen molar-refractivity contribution in [3.63, 3.8) is 0 Å². The molecule has 136 valence electrons. The standard InChI is InChI=1S/C18H31N3O3/c1-13(2)3-8-18(14-4-9-19-10-5-14)16(22)21(17(23)20-18)15-6-11-24-12-7-15/h13-15,19H,3-12H2,1-2H3,(H,20,23). The van der Waals surface area contributed by atoms with E-state index in [4.69, 9.17) is 4.74 Å². The first-order valence-electron chi connectivity index (χ1n) is 9.49. The number of amides is 3. The van der Waals surface area contributed by atoms with Crippen molar-refractivity contribution in [1.29, 1.82) is 0 Å². The van der Waals surface area contributed by atoms with Gasteiger partial charge in [-0.3, -0.25) is 9.69 Å². The van der Waals surface area contributed by atoms with Crippen molar-refractivity contribution < 1.29 is 14.3 Å². The molecule has 1 unspecified atom stereocenters. The molecule has 0 saturated carbocycles. The van der Waals surface area contributed by atoms with E-state index in [1.54, 1.807) is 0 Å². The second-order valence-corrected chi connectivity index (χ2v) is 7.88. The molecule has 24 heavy (non-hydrogen) atoms. The van der Waals surface area contributed by atoms with Crippen LogP contribution in [0.3, 0.4) is 0 Å². The average Bonchev–Trinajstić information content (AvgIpc) is 2.86. The third kappa shape index (κ3) is 3.31. The van der Waals surface area contributed by atoms with Gasteiger partial charge in [0.05, 0.1) is 0 Å². The molecule has 0 spiro atoms. The summed E-state index contributed by atoms with van der Waals surface area (Å²) in [6.07, 6.45) is 5.12. The van der Waals surface area contributed by atoms with Gasteiger partial charge in [-0.2, -0.15) is 0 Å². The van der Waals surface area contributed by atoms with Crippen LogP contribution in [-0.2, 0) is 9.53 Å². The molecule has 3 heterocycles. The molecule has 0 aliphatic carbocycles. The fourth-order valence-corrected chi connectivity index (χ4v) is 4.37. The van der Waals surface area contributed by atoms with Crippen molar-refractivity contribution in [1.82, 2.24) is 15.5 Å². The average molecular weight is 337 g/mol. The summed E-state index contributed by atoms with van der Waals surface area (Å²) in [6.45, 7) is 7.46. The van der Waals surface area contributed by atoms with Gasteiger partial charge < -0.3 is 15.4 Å². The Bertz CT molecular complexity index is 470. The predicted molar refractivity (Wildman–Crippen MR) is 91.6 cm³/mol. The van der Waals surface area contributed by atoms with E-state index in [-0.39, 0.29) is 23.9 Å². The molecule has 3 fully saturated rings. The molecule has 3 amide bonds. The quantitative estimate of drug-likeness (QED) is 0.752. The Morgan fingerprint density at radius 3 is 2.46 bits per heavy atom. The highest BCUT2D eigenvalue weighted by Gasteiger charge is 2.56. The van der Waals surface area contributed by atoms with Crippen LogP contribution in [0.5, 0.6) is 0 Å². The van der Waals surface area contributed by atoms with Crippen molar-refractivity contribution in [2.75, 3.05) is 26.3 Å². The number of rotatable bonds is 5. The molecule has 1 atom stereocenters. The molecular weight excluding hydrogens is 306 g/mol. The van der Waals surface area contributed by atoms with Crippen LogP contribution >= 0.6 is 0 Å². The molecule has 0 aromatic rings. The smallest absolute Gasteiger partial charge is 0.325 e. The largest absolute Gasteiger partial charge is 0.381 e. The zero-order valence-corrected chi connectivity index (χ0v) is 15.0. The SMILES string of the molecule is CC(C)CCC1(C2CCNCC2)NC(=O)N(C2CCOCC2)C1=O. The summed E-state index contributed by atoms with van der Waals surface area (Å²) in [4.78, 5) is 27.7. The fraction of sp³-hybridized carbons (Fsp3) is 0.889. The molecule has 2 N–H and O–H groups in total. The highest BCUT2D eigenvalue weighted by Crippen LogP contribution is 2.38. The molecule has 0 radical (unpaired) electrons. The van der Waals surface area contributed by atoms with Gasteiger partial charge in [0.1, 0.15) is 5.54 Å². The third-order valence-electron chi connectivity index (χ3n) is 5.86. The maximum atomic E-state index is 13.4. The monoisotopic (exact) mass is 337 g/mol. The number of piperidine rings is 1. The van der Waals surface area contributed by atoms with E-state index in [2.05, 4.69) is 24.5 Å². The number of imide groups is 1. The summed E-state index contributed by atoms with van der Waals surface area (Å²) in [7, 11) is 0. The van der Waals surface area contributed by atoms with Crippen molar-refractivity contribution >= 4 is 11.9 Å². The van der Waals surface area contributed by atoms with Gasteiger partial charge >= 0.3 is 6.03 Å². The Morgan fingerprint density at radius 2 is 1.83 bits per heavy atom. The van der Waals surface area contributed by atoms with Crippen LogP contribution in [0.2, 0.25) is 0 Å². The topological polar surface area (TPSA) is 70.7 Å². The first-order valence-corrected chi connectivity index (χ1v) is 9.49. The van der Waals surface area contributed by atoms with Crippen LogP contribution in [0.15, 0.2) is 0 Å². The molecule has 6 nitrogen and oxygen atoms in total. The highest BCUT2D eigenvalue weighted by molar-refractivity contribution is 6.07. The first kappa shape index (κ1) is 17.7. The lowest BCUT2D eigenvalue weighted by molar-refractivity contribution is -0.137. The second-order valence-electron chi connectivity index (χ2n) is 7.88. The Hall–Kier alpha value is -1.14. The molecule has 3 saturated heterocycles. The zero-order valence-electron chi connectivity index (χ0n) is 15.0. The van der Waals surface area contributed by atoms with Crippen LogP contribution in [0.1, 0.15) is 52.4 Å². The Labute approximate surface area is 144 Å². The number of hydrogen-bond acceptors (Lipinski definition) is 4. The van der Waals surface area contributed by atoms with Crippen molar-refractivity contribution in [2.45, 2.75) is 64.0 Å². The fourth-order valence-electron chi connectivity index (χ4n) is 4.37. The van der Waals surface area contributed by atoms with E-state index in [1.165, 1.54) is 4.90 Å². The molecule has 0 aromatic carbocycles. The van der Waals surface area contributed by atoms with Crippen LogP contribution in [0, 0.1) is 11.8 Å². The Balaban J connectivity index is 1.83. The van der Waals surface area contributed by atoms with Gasteiger partial charge in [0, 0.05) is 19.3 Å². The van der Waals surface area contributed by atoms with Gasteiger partial charge in [-0.25, -0.2) is 4.79 Å². The predicted octanol–water partition coefficient (Wildman–Crippen LogP) is 1.89. The van der Waals surface area contributed by atoms with E-state index < -0.39 is 5.54 Å². The lowest BCUT2D eigenvalue weighted by Crippen LogP contribution is -2.56.